The highest BCUT2D eigenvalue weighted by Gasteiger charge is 2.22. The summed E-state index contributed by atoms with van der Waals surface area (Å²) >= 11 is 0. The van der Waals surface area contributed by atoms with Crippen molar-refractivity contribution in [1.29, 1.82) is 0 Å². The Hall–Kier alpha value is -0.830. The van der Waals surface area contributed by atoms with Gasteiger partial charge in [-0.15, -0.1) is 0 Å². The molecule has 86 valence electrons. The lowest BCUT2D eigenvalue weighted by molar-refractivity contribution is -0.126. The van der Waals surface area contributed by atoms with Gasteiger partial charge in [0.05, 0.1) is 5.92 Å². The second kappa shape index (κ2) is 5.91. The van der Waals surface area contributed by atoms with Gasteiger partial charge >= 0.3 is 0 Å². The van der Waals surface area contributed by atoms with Gasteiger partial charge in [0.2, 0.25) is 5.91 Å². The van der Waals surface area contributed by atoms with E-state index in [1.807, 2.05) is 13.8 Å². The molecule has 15 heavy (non-hydrogen) atoms. The summed E-state index contributed by atoms with van der Waals surface area (Å²) in [6.07, 6.45) is 7.39. The smallest absolute Gasteiger partial charge is 0.224 e. The third-order valence-corrected chi connectivity index (χ3v) is 3.01. The number of carbonyl (C=O) groups is 1. The van der Waals surface area contributed by atoms with Gasteiger partial charge in [0.15, 0.2) is 0 Å². The molecule has 3 nitrogen and oxygen atoms in total. The van der Waals surface area contributed by atoms with E-state index in [-0.39, 0.29) is 11.8 Å². The molecule has 2 unspecified atom stereocenters. The lowest BCUT2D eigenvalue weighted by Crippen LogP contribution is -2.43. The fourth-order valence-corrected chi connectivity index (χ4v) is 1.91. The molecule has 1 amide bonds. The molecular weight excluding hydrogens is 188 g/mol. The van der Waals surface area contributed by atoms with Gasteiger partial charge in [0.25, 0.3) is 0 Å². The Kier molecular flexibility index (Phi) is 4.82. The second-order valence-electron chi connectivity index (χ2n) is 4.58. The Morgan fingerprint density at radius 1 is 1.53 bits per heavy atom. The lowest BCUT2D eigenvalue weighted by Gasteiger charge is -2.24. The monoisotopic (exact) mass is 210 g/mol. The molecule has 1 aliphatic rings. The van der Waals surface area contributed by atoms with Crippen molar-refractivity contribution in [2.24, 2.45) is 17.6 Å². The van der Waals surface area contributed by atoms with Crippen LogP contribution in [0.3, 0.4) is 0 Å². The van der Waals surface area contributed by atoms with Gasteiger partial charge in [-0.25, -0.2) is 0 Å². The highest BCUT2D eigenvalue weighted by molar-refractivity contribution is 5.79. The maximum atomic E-state index is 11.9. The number of hydrogen-bond donors (Lipinski definition) is 2. The molecule has 1 rings (SSSR count). The van der Waals surface area contributed by atoms with Crippen LogP contribution in [0, 0.1) is 11.8 Å². The van der Waals surface area contributed by atoms with Crippen LogP contribution in [0.2, 0.25) is 0 Å². The largest absolute Gasteiger partial charge is 0.353 e. The van der Waals surface area contributed by atoms with Gasteiger partial charge in [-0.05, 0) is 25.2 Å². The molecule has 0 spiro atoms. The second-order valence-corrected chi connectivity index (χ2v) is 4.58. The first-order valence-electron chi connectivity index (χ1n) is 5.80. The summed E-state index contributed by atoms with van der Waals surface area (Å²) in [4.78, 5) is 11.9. The number of rotatable bonds is 4. The third kappa shape index (κ3) is 3.67. The zero-order valence-corrected chi connectivity index (χ0v) is 9.70. The normalized spacial score (nSPS) is 22.8. The number of carbonyl (C=O) groups excluding carboxylic acids is 1. The average molecular weight is 210 g/mol. The minimum Gasteiger partial charge on any atom is -0.353 e. The molecule has 3 N–H and O–H groups in total. The Bertz CT molecular complexity index is 236. The SMILES string of the molecule is CC(C)C(CN)C(=O)NC1CC=CCC1. The summed E-state index contributed by atoms with van der Waals surface area (Å²) in [6, 6.07) is 0.315. The van der Waals surface area contributed by atoms with Gasteiger partial charge in [-0.2, -0.15) is 0 Å². The van der Waals surface area contributed by atoms with E-state index in [1.165, 1.54) is 0 Å². The molecule has 1 aliphatic carbocycles. The number of nitrogens with one attached hydrogen (secondary N) is 1. The first-order chi connectivity index (χ1) is 7.15. The van der Waals surface area contributed by atoms with Crippen LogP contribution in [-0.2, 0) is 4.79 Å². The van der Waals surface area contributed by atoms with Crippen molar-refractivity contribution in [2.75, 3.05) is 6.54 Å². The number of nitrogens with two attached hydrogens (primary N) is 1. The molecule has 3 heteroatoms. The van der Waals surface area contributed by atoms with E-state index in [9.17, 15) is 4.79 Å². The molecule has 0 aromatic heterocycles. The Morgan fingerprint density at radius 3 is 2.73 bits per heavy atom. The molecule has 0 heterocycles. The lowest BCUT2D eigenvalue weighted by atomic mass is 9.93. The standard InChI is InChI=1S/C12H22N2O/c1-9(2)11(8-13)12(15)14-10-6-4-3-5-7-10/h3-4,9-11H,5-8,13H2,1-2H3,(H,14,15). The summed E-state index contributed by atoms with van der Waals surface area (Å²) < 4.78 is 0. The number of amides is 1. The first kappa shape index (κ1) is 12.2. The molecule has 0 aliphatic heterocycles. The average Bonchev–Trinajstić information content (AvgIpc) is 2.19. The minimum absolute atomic E-state index is 0.0455. The third-order valence-electron chi connectivity index (χ3n) is 3.01. The fourth-order valence-electron chi connectivity index (χ4n) is 1.91. The van der Waals surface area contributed by atoms with Crippen LogP contribution < -0.4 is 11.1 Å². The zero-order chi connectivity index (χ0) is 11.3. The van der Waals surface area contributed by atoms with Gasteiger partial charge in [-0.3, -0.25) is 4.79 Å². The van der Waals surface area contributed by atoms with E-state index < -0.39 is 0 Å². The van der Waals surface area contributed by atoms with Crippen molar-refractivity contribution in [1.82, 2.24) is 5.32 Å². The predicted molar refractivity (Wildman–Crippen MR) is 62.3 cm³/mol. The van der Waals surface area contributed by atoms with Gasteiger partial charge < -0.3 is 11.1 Å². The summed E-state index contributed by atoms with van der Waals surface area (Å²) in [5.74, 6) is 0.387. The topological polar surface area (TPSA) is 55.1 Å². The van der Waals surface area contributed by atoms with E-state index in [1.54, 1.807) is 0 Å². The molecule has 0 radical (unpaired) electrons. The molecular formula is C12H22N2O. The van der Waals surface area contributed by atoms with E-state index in [0.717, 1.165) is 19.3 Å². The fraction of sp³-hybridized carbons (Fsp3) is 0.750. The van der Waals surface area contributed by atoms with Crippen LogP contribution in [0.5, 0.6) is 0 Å². The van der Waals surface area contributed by atoms with E-state index >= 15 is 0 Å². The number of hydrogen-bond acceptors (Lipinski definition) is 2. The summed E-state index contributed by atoms with van der Waals surface area (Å²) in [6.45, 7) is 4.52. The Balaban J connectivity index is 2.42. The van der Waals surface area contributed by atoms with E-state index in [2.05, 4.69) is 17.5 Å². The van der Waals surface area contributed by atoms with Crippen LogP contribution in [0.4, 0.5) is 0 Å². The predicted octanol–water partition coefficient (Wildman–Crippen LogP) is 1.44. The van der Waals surface area contributed by atoms with Crippen LogP contribution >= 0.6 is 0 Å². The molecule has 0 fully saturated rings. The summed E-state index contributed by atoms with van der Waals surface area (Å²) in [7, 11) is 0. The maximum Gasteiger partial charge on any atom is 0.224 e. The highest BCUT2D eigenvalue weighted by Crippen LogP contribution is 2.14. The van der Waals surface area contributed by atoms with Crippen molar-refractivity contribution in [2.45, 2.75) is 39.2 Å². The van der Waals surface area contributed by atoms with Crippen molar-refractivity contribution < 1.29 is 4.79 Å². The van der Waals surface area contributed by atoms with Crippen molar-refractivity contribution >= 4 is 5.91 Å². The first-order valence-corrected chi connectivity index (χ1v) is 5.80. The van der Waals surface area contributed by atoms with Crippen molar-refractivity contribution in [3.8, 4) is 0 Å². The Morgan fingerprint density at radius 2 is 2.27 bits per heavy atom. The molecule has 0 saturated heterocycles. The van der Waals surface area contributed by atoms with E-state index in [0.29, 0.717) is 18.5 Å². The van der Waals surface area contributed by atoms with Crippen LogP contribution in [0.25, 0.3) is 0 Å². The minimum atomic E-state index is -0.0455. The van der Waals surface area contributed by atoms with Crippen molar-refractivity contribution in [3.05, 3.63) is 12.2 Å². The maximum absolute atomic E-state index is 11.9. The van der Waals surface area contributed by atoms with Gasteiger partial charge in [0, 0.05) is 12.6 Å². The van der Waals surface area contributed by atoms with Crippen LogP contribution in [0.1, 0.15) is 33.1 Å². The quantitative estimate of drug-likeness (QED) is 0.690. The van der Waals surface area contributed by atoms with Gasteiger partial charge in [-0.1, -0.05) is 26.0 Å². The Labute approximate surface area is 92.1 Å². The summed E-state index contributed by atoms with van der Waals surface area (Å²) in [5.41, 5.74) is 5.60. The molecule has 0 saturated carbocycles. The van der Waals surface area contributed by atoms with E-state index in [4.69, 9.17) is 5.73 Å². The van der Waals surface area contributed by atoms with Crippen LogP contribution in [0.15, 0.2) is 12.2 Å². The molecule has 0 aromatic rings. The zero-order valence-electron chi connectivity index (χ0n) is 9.70. The molecule has 0 aromatic carbocycles. The number of allylic oxidation sites excluding steroid dienone is 1. The molecule has 0 bridgehead atoms. The van der Waals surface area contributed by atoms with Crippen LogP contribution in [-0.4, -0.2) is 18.5 Å². The summed E-state index contributed by atoms with van der Waals surface area (Å²) in [5, 5.41) is 3.08. The molecule has 2 atom stereocenters. The highest BCUT2D eigenvalue weighted by atomic mass is 16.2. The van der Waals surface area contributed by atoms with Gasteiger partial charge in [0.1, 0.15) is 0 Å². The van der Waals surface area contributed by atoms with Crippen molar-refractivity contribution in [3.63, 3.8) is 0 Å².